The van der Waals surface area contributed by atoms with Crippen molar-refractivity contribution in [3.8, 4) is 11.5 Å². The zero-order valence-corrected chi connectivity index (χ0v) is 17.6. The van der Waals surface area contributed by atoms with E-state index < -0.39 is 13.3 Å². The molecule has 162 valence electrons. The smallest absolute Gasteiger partial charge is 0.161 e. The van der Waals surface area contributed by atoms with E-state index in [0.29, 0.717) is 42.5 Å². The van der Waals surface area contributed by atoms with Gasteiger partial charge in [-0.2, -0.15) is 0 Å². The number of ether oxygens (including phenoxy) is 2. The lowest BCUT2D eigenvalue weighted by molar-refractivity contribution is -0.129. The molecule has 2 atom stereocenters. The van der Waals surface area contributed by atoms with Crippen LogP contribution < -0.4 is 9.47 Å². The fraction of sp³-hybridized carbons (Fsp3) is 0.696. The van der Waals surface area contributed by atoms with Crippen LogP contribution in [0.15, 0.2) is 12.1 Å². The molecule has 0 aliphatic carbocycles. The molecule has 1 aromatic rings. The number of halogens is 2. The summed E-state index contributed by atoms with van der Waals surface area (Å²) in [6.45, 7) is 5.73. The van der Waals surface area contributed by atoms with Gasteiger partial charge in [-0.1, -0.05) is 13.8 Å². The maximum Gasteiger partial charge on any atom is 0.161 e. The Labute approximate surface area is 172 Å². The second-order valence-electron chi connectivity index (χ2n) is 8.54. The molecule has 0 aromatic heterocycles. The lowest BCUT2D eigenvalue weighted by atomic mass is 9.80. The van der Waals surface area contributed by atoms with E-state index in [4.69, 9.17) is 9.47 Å². The number of benzene rings is 1. The third kappa shape index (κ3) is 5.47. The van der Waals surface area contributed by atoms with Gasteiger partial charge in [0.1, 0.15) is 5.78 Å². The predicted octanol–water partition coefficient (Wildman–Crippen LogP) is 4.70. The third-order valence-corrected chi connectivity index (χ3v) is 5.81. The highest BCUT2D eigenvalue weighted by molar-refractivity contribution is 5.83. The molecule has 2 unspecified atom stereocenters. The number of carbonyl (C=O) groups excluding carboxylic acids is 1. The number of hydrogen-bond donors (Lipinski definition) is 0. The average molecular weight is 410 g/mol. The summed E-state index contributed by atoms with van der Waals surface area (Å²) in [5.41, 5.74) is 2.27. The highest BCUT2D eigenvalue weighted by Gasteiger charge is 2.38. The molecule has 1 fully saturated rings. The maximum atomic E-state index is 12.8. The molecular formula is C23H33F2NO3. The summed E-state index contributed by atoms with van der Waals surface area (Å²) in [7, 11) is 0. The number of rotatable bonds is 10. The fourth-order valence-electron chi connectivity index (χ4n) is 4.43. The quantitative estimate of drug-likeness (QED) is 0.525. The first-order valence-corrected chi connectivity index (χ1v) is 10.8. The molecule has 1 aromatic carbocycles. The second kappa shape index (κ2) is 10.4. The van der Waals surface area contributed by atoms with Gasteiger partial charge in [0.2, 0.25) is 0 Å². The normalized spacial score (nSPS) is 21.8. The van der Waals surface area contributed by atoms with Gasteiger partial charge in [0.15, 0.2) is 11.5 Å². The van der Waals surface area contributed by atoms with E-state index in [1.165, 1.54) is 0 Å². The van der Waals surface area contributed by atoms with Crippen molar-refractivity contribution in [1.82, 2.24) is 4.90 Å². The van der Waals surface area contributed by atoms with Crippen molar-refractivity contribution in [2.24, 2.45) is 11.8 Å². The number of hydrogen-bond acceptors (Lipinski definition) is 4. The first-order valence-electron chi connectivity index (χ1n) is 10.8. The molecule has 6 heteroatoms. The maximum absolute atomic E-state index is 12.8. The zero-order valence-electron chi connectivity index (χ0n) is 17.6. The Morgan fingerprint density at radius 1 is 1.10 bits per heavy atom. The van der Waals surface area contributed by atoms with Crippen LogP contribution in [-0.4, -0.2) is 50.3 Å². The van der Waals surface area contributed by atoms with E-state index in [2.05, 4.69) is 18.7 Å². The van der Waals surface area contributed by atoms with Crippen molar-refractivity contribution in [3.63, 3.8) is 0 Å². The van der Waals surface area contributed by atoms with Gasteiger partial charge in [0, 0.05) is 44.3 Å². The van der Waals surface area contributed by atoms with Gasteiger partial charge in [0.05, 0.1) is 26.6 Å². The average Bonchev–Trinajstić information content (AvgIpc) is 2.69. The van der Waals surface area contributed by atoms with Crippen LogP contribution in [0.1, 0.15) is 56.7 Å². The van der Waals surface area contributed by atoms with Crippen LogP contribution in [0.5, 0.6) is 11.5 Å². The Balaban J connectivity index is 1.82. The molecule has 2 aliphatic rings. The Bertz CT molecular complexity index is 695. The molecule has 0 bridgehead atoms. The molecule has 29 heavy (non-hydrogen) atoms. The van der Waals surface area contributed by atoms with E-state index in [1.54, 1.807) is 0 Å². The minimum atomic E-state index is -0.439. The Morgan fingerprint density at radius 2 is 1.76 bits per heavy atom. The second-order valence-corrected chi connectivity index (χ2v) is 8.54. The van der Waals surface area contributed by atoms with Crippen LogP contribution >= 0.6 is 0 Å². The molecule has 0 radical (unpaired) electrons. The minimum absolute atomic E-state index is 0.0677. The number of alkyl halides is 2. The van der Waals surface area contributed by atoms with E-state index >= 15 is 0 Å². The Kier molecular flexibility index (Phi) is 7.87. The van der Waals surface area contributed by atoms with Gasteiger partial charge >= 0.3 is 0 Å². The SMILES string of the molecule is CC(C)CC1CN2CCc3cc(OCCCF)c(OCCCF)cc3C2CC1=O. The monoisotopic (exact) mass is 409 g/mol. The topological polar surface area (TPSA) is 38.8 Å². The lowest BCUT2D eigenvalue weighted by Crippen LogP contribution is -2.46. The number of piperidine rings is 1. The molecule has 2 aliphatic heterocycles. The summed E-state index contributed by atoms with van der Waals surface area (Å²) < 4.78 is 36.5. The number of Topliss-reactive ketones (excluding diaryl/α,β-unsaturated/α-hetero) is 1. The van der Waals surface area contributed by atoms with Gasteiger partial charge in [0.25, 0.3) is 0 Å². The van der Waals surface area contributed by atoms with E-state index in [9.17, 15) is 13.6 Å². The minimum Gasteiger partial charge on any atom is -0.490 e. The predicted molar refractivity (Wildman–Crippen MR) is 109 cm³/mol. The lowest BCUT2D eigenvalue weighted by Gasteiger charge is -2.43. The molecule has 2 heterocycles. The van der Waals surface area contributed by atoms with Crippen LogP contribution in [-0.2, 0) is 11.2 Å². The van der Waals surface area contributed by atoms with Crippen molar-refractivity contribution >= 4 is 5.78 Å². The van der Waals surface area contributed by atoms with Gasteiger partial charge in [-0.05, 0) is 42.0 Å². The molecule has 0 N–H and O–H groups in total. The summed E-state index contributed by atoms with van der Waals surface area (Å²) in [5, 5.41) is 0. The van der Waals surface area contributed by atoms with Crippen LogP contribution in [0.4, 0.5) is 8.78 Å². The molecular weight excluding hydrogens is 376 g/mol. The number of ketones is 1. The fourth-order valence-corrected chi connectivity index (χ4v) is 4.43. The van der Waals surface area contributed by atoms with Crippen molar-refractivity contribution in [1.29, 1.82) is 0 Å². The van der Waals surface area contributed by atoms with E-state index in [1.807, 2.05) is 12.1 Å². The van der Waals surface area contributed by atoms with Crippen molar-refractivity contribution in [2.45, 2.75) is 52.0 Å². The molecule has 0 amide bonds. The summed E-state index contributed by atoms with van der Waals surface area (Å²) in [6, 6.07) is 4.00. The van der Waals surface area contributed by atoms with Gasteiger partial charge in [-0.25, -0.2) is 0 Å². The van der Waals surface area contributed by atoms with Gasteiger partial charge < -0.3 is 9.47 Å². The molecule has 4 nitrogen and oxygen atoms in total. The Hall–Kier alpha value is -1.69. The highest BCUT2D eigenvalue weighted by atomic mass is 19.1. The summed E-state index contributed by atoms with van der Waals surface area (Å²) in [4.78, 5) is 15.2. The Morgan fingerprint density at radius 3 is 2.38 bits per heavy atom. The third-order valence-electron chi connectivity index (χ3n) is 5.81. The van der Waals surface area contributed by atoms with Gasteiger partial charge in [-0.3, -0.25) is 18.5 Å². The van der Waals surface area contributed by atoms with Crippen molar-refractivity contribution < 1.29 is 23.0 Å². The summed E-state index contributed by atoms with van der Waals surface area (Å²) in [5.74, 6) is 2.13. The first kappa shape index (κ1) is 22.0. The van der Waals surface area contributed by atoms with Crippen LogP contribution in [0, 0.1) is 11.8 Å². The molecule has 0 saturated carbocycles. The summed E-state index contributed by atoms with van der Waals surface area (Å²) >= 11 is 0. The van der Waals surface area contributed by atoms with Crippen LogP contribution in [0.2, 0.25) is 0 Å². The van der Waals surface area contributed by atoms with Crippen LogP contribution in [0.25, 0.3) is 0 Å². The highest BCUT2D eigenvalue weighted by Crippen LogP contribution is 2.42. The largest absolute Gasteiger partial charge is 0.490 e. The van der Waals surface area contributed by atoms with Crippen LogP contribution in [0.3, 0.4) is 0 Å². The van der Waals surface area contributed by atoms with E-state index in [-0.39, 0.29) is 25.2 Å². The zero-order chi connectivity index (χ0) is 20.8. The van der Waals surface area contributed by atoms with Crippen molar-refractivity contribution in [2.75, 3.05) is 39.7 Å². The number of fused-ring (bicyclic) bond motifs is 3. The number of carbonyl (C=O) groups is 1. The van der Waals surface area contributed by atoms with Crippen molar-refractivity contribution in [3.05, 3.63) is 23.3 Å². The first-order chi connectivity index (χ1) is 14.0. The molecule has 0 spiro atoms. The summed E-state index contributed by atoms with van der Waals surface area (Å²) in [6.07, 6.45) is 2.98. The molecule has 3 rings (SSSR count). The molecule has 1 saturated heterocycles. The van der Waals surface area contributed by atoms with Gasteiger partial charge in [-0.15, -0.1) is 0 Å². The number of nitrogens with zero attached hydrogens (tertiary/aromatic N) is 1. The standard InChI is InChI=1S/C23H33F2NO3/c1-16(2)11-18-15-26-8-5-17-12-22(28-9-3-6-24)23(29-10-4-7-25)13-19(17)20(26)14-21(18)27/h12-13,16,18,20H,3-11,14-15H2,1-2H3. The van der Waals surface area contributed by atoms with E-state index in [0.717, 1.165) is 37.1 Å².